The van der Waals surface area contributed by atoms with Gasteiger partial charge in [-0.1, -0.05) is 113 Å². The summed E-state index contributed by atoms with van der Waals surface area (Å²) in [7, 11) is -4.19. The molecule has 0 aliphatic heterocycles. The molecule has 1 aliphatic carbocycles. The van der Waals surface area contributed by atoms with Gasteiger partial charge in [0.2, 0.25) is 11.8 Å². The quantitative estimate of drug-likeness (QED) is 0.159. The molecule has 1 fully saturated rings. The molecule has 0 heterocycles. The van der Waals surface area contributed by atoms with Crippen molar-refractivity contribution in [3.05, 3.63) is 129 Å². The predicted molar refractivity (Wildman–Crippen MR) is 191 cm³/mol. The van der Waals surface area contributed by atoms with E-state index in [0.29, 0.717) is 21.3 Å². The number of benzene rings is 4. The Kier molecular flexibility index (Phi) is 12.0. The SMILES string of the molecule is O=C(NC1CCCCC1)C(Cc1ccccc1)N(Cc1c(Cl)cccc1Cl)C(=O)CN(c1ccc(Br)cc1)S(=O)(=O)c1ccccc1. The van der Waals surface area contributed by atoms with Gasteiger partial charge in [-0.15, -0.1) is 0 Å². The number of anilines is 1. The number of amides is 2. The van der Waals surface area contributed by atoms with Crippen molar-refractivity contribution in [2.75, 3.05) is 10.8 Å². The van der Waals surface area contributed by atoms with E-state index < -0.39 is 28.5 Å². The molecule has 1 saturated carbocycles. The molecule has 0 saturated heterocycles. The highest BCUT2D eigenvalue weighted by Crippen LogP contribution is 2.30. The Labute approximate surface area is 295 Å². The third-order valence-corrected chi connectivity index (χ3v) is 11.4. The van der Waals surface area contributed by atoms with E-state index >= 15 is 0 Å². The van der Waals surface area contributed by atoms with Gasteiger partial charge >= 0.3 is 0 Å². The van der Waals surface area contributed by atoms with E-state index in [1.807, 2.05) is 30.3 Å². The molecule has 0 bridgehead atoms. The molecule has 1 N–H and O–H groups in total. The Bertz CT molecular complexity index is 1750. The normalized spacial score (nSPS) is 14.3. The number of hydrogen-bond acceptors (Lipinski definition) is 4. The predicted octanol–water partition coefficient (Wildman–Crippen LogP) is 8.04. The summed E-state index contributed by atoms with van der Waals surface area (Å²) in [5.41, 5.74) is 1.61. The van der Waals surface area contributed by atoms with Crippen molar-refractivity contribution in [1.29, 1.82) is 0 Å². The van der Waals surface area contributed by atoms with Crippen LogP contribution in [0.2, 0.25) is 10.0 Å². The molecule has 246 valence electrons. The van der Waals surface area contributed by atoms with Gasteiger partial charge in [0.15, 0.2) is 0 Å². The monoisotopic (exact) mass is 755 g/mol. The van der Waals surface area contributed by atoms with Crippen molar-refractivity contribution < 1.29 is 18.0 Å². The van der Waals surface area contributed by atoms with Crippen molar-refractivity contribution in [3.63, 3.8) is 0 Å². The Morgan fingerprint density at radius 3 is 2.02 bits per heavy atom. The molecule has 4 aromatic rings. The zero-order valence-corrected chi connectivity index (χ0v) is 29.6. The zero-order chi connectivity index (χ0) is 33.4. The molecule has 47 heavy (non-hydrogen) atoms. The van der Waals surface area contributed by atoms with Gasteiger partial charge < -0.3 is 10.2 Å². The van der Waals surface area contributed by atoms with Crippen molar-refractivity contribution >= 4 is 66.7 Å². The first-order valence-corrected chi connectivity index (χ1v) is 18.5. The van der Waals surface area contributed by atoms with Crippen LogP contribution in [0.5, 0.6) is 0 Å². The van der Waals surface area contributed by atoms with E-state index in [0.717, 1.165) is 46.4 Å². The van der Waals surface area contributed by atoms with E-state index in [-0.39, 0.29) is 29.8 Å². The van der Waals surface area contributed by atoms with Crippen LogP contribution in [-0.2, 0) is 32.6 Å². The molecule has 11 heteroatoms. The molecular formula is C36H36BrCl2N3O4S. The summed E-state index contributed by atoms with van der Waals surface area (Å²) in [6.45, 7) is -0.671. The van der Waals surface area contributed by atoms with Crippen LogP contribution in [0, 0.1) is 0 Å². The second-order valence-electron chi connectivity index (χ2n) is 11.6. The van der Waals surface area contributed by atoms with Crippen LogP contribution in [0.4, 0.5) is 5.69 Å². The highest BCUT2D eigenvalue weighted by molar-refractivity contribution is 9.10. The number of carbonyl (C=O) groups is 2. The Morgan fingerprint density at radius 1 is 0.809 bits per heavy atom. The fourth-order valence-corrected chi connectivity index (χ4v) is 8.02. The number of carbonyl (C=O) groups excluding carboxylic acids is 2. The molecule has 2 amide bonds. The molecule has 0 aromatic heterocycles. The Hall–Kier alpha value is -3.37. The summed E-state index contributed by atoms with van der Waals surface area (Å²) < 4.78 is 30.1. The van der Waals surface area contributed by atoms with Crippen LogP contribution < -0.4 is 9.62 Å². The molecule has 1 atom stereocenters. The molecule has 4 aromatic carbocycles. The van der Waals surface area contributed by atoms with Gasteiger partial charge in [0.25, 0.3) is 10.0 Å². The third kappa shape index (κ3) is 8.96. The number of hydrogen-bond donors (Lipinski definition) is 1. The van der Waals surface area contributed by atoms with E-state index in [2.05, 4.69) is 21.2 Å². The summed E-state index contributed by atoms with van der Waals surface area (Å²) in [4.78, 5) is 30.4. The van der Waals surface area contributed by atoms with Crippen molar-refractivity contribution in [2.45, 2.75) is 62.0 Å². The van der Waals surface area contributed by atoms with Gasteiger partial charge in [-0.05, 0) is 66.9 Å². The first kappa shape index (κ1) is 35.0. The minimum absolute atomic E-state index is 0.00639. The maximum Gasteiger partial charge on any atom is 0.264 e. The minimum atomic E-state index is -4.19. The number of nitrogens with one attached hydrogen (secondary N) is 1. The Morgan fingerprint density at radius 2 is 1.40 bits per heavy atom. The topological polar surface area (TPSA) is 86.8 Å². The smallest absolute Gasteiger partial charge is 0.264 e. The highest BCUT2D eigenvalue weighted by Gasteiger charge is 2.36. The van der Waals surface area contributed by atoms with Gasteiger partial charge in [0.1, 0.15) is 12.6 Å². The Balaban J connectivity index is 1.58. The summed E-state index contributed by atoms with van der Waals surface area (Å²) in [6.07, 6.45) is 5.09. The van der Waals surface area contributed by atoms with Gasteiger partial charge in [-0.2, -0.15) is 0 Å². The molecule has 1 unspecified atom stereocenters. The number of sulfonamides is 1. The average Bonchev–Trinajstić information content (AvgIpc) is 3.08. The van der Waals surface area contributed by atoms with Gasteiger partial charge in [-0.25, -0.2) is 8.42 Å². The third-order valence-electron chi connectivity index (χ3n) is 8.34. The minimum Gasteiger partial charge on any atom is -0.352 e. The van der Waals surface area contributed by atoms with E-state index in [1.165, 1.54) is 17.0 Å². The first-order valence-electron chi connectivity index (χ1n) is 15.5. The maximum atomic E-state index is 14.7. The fourth-order valence-electron chi connectivity index (χ4n) is 5.81. The van der Waals surface area contributed by atoms with Crippen molar-refractivity contribution in [2.24, 2.45) is 0 Å². The summed E-state index contributed by atoms with van der Waals surface area (Å²) in [5, 5.41) is 3.87. The van der Waals surface area contributed by atoms with Crippen LogP contribution in [0.1, 0.15) is 43.2 Å². The number of nitrogens with zero attached hydrogens (tertiary/aromatic N) is 2. The van der Waals surface area contributed by atoms with Crippen LogP contribution in [-0.4, -0.2) is 43.8 Å². The number of halogens is 3. The van der Waals surface area contributed by atoms with Crippen LogP contribution in [0.3, 0.4) is 0 Å². The lowest BCUT2D eigenvalue weighted by Crippen LogP contribution is -2.55. The molecule has 1 aliphatic rings. The second kappa shape index (κ2) is 16.2. The standard InChI is InChI=1S/C36H36BrCl2N3O4S/c37-27-19-21-29(22-20-27)42(47(45,46)30-15-8-3-9-16-30)25-35(43)41(24-31-32(38)17-10-18-33(31)39)34(23-26-11-4-1-5-12-26)36(44)40-28-13-6-2-7-14-28/h1,3-5,8-12,15-22,28,34H,2,6-7,13-14,23-25H2,(H,40,44). The number of rotatable bonds is 12. The molecule has 5 rings (SSSR count). The largest absolute Gasteiger partial charge is 0.352 e. The van der Waals surface area contributed by atoms with E-state index in [9.17, 15) is 18.0 Å². The lowest BCUT2D eigenvalue weighted by atomic mass is 9.94. The molecule has 0 spiro atoms. The summed E-state index contributed by atoms with van der Waals surface area (Å²) in [6, 6.07) is 28.2. The lowest BCUT2D eigenvalue weighted by molar-refractivity contribution is -0.140. The van der Waals surface area contributed by atoms with Gasteiger partial charge in [0, 0.05) is 39.1 Å². The molecular weight excluding hydrogens is 721 g/mol. The van der Waals surface area contributed by atoms with Crippen molar-refractivity contribution in [3.8, 4) is 0 Å². The highest BCUT2D eigenvalue weighted by atomic mass is 79.9. The van der Waals surface area contributed by atoms with Crippen LogP contribution in [0.25, 0.3) is 0 Å². The average molecular weight is 758 g/mol. The lowest BCUT2D eigenvalue weighted by Gasteiger charge is -2.35. The van der Waals surface area contributed by atoms with E-state index in [1.54, 1.807) is 60.7 Å². The molecule has 7 nitrogen and oxygen atoms in total. The molecule has 0 radical (unpaired) electrons. The van der Waals surface area contributed by atoms with Crippen molar-refractivity contribution in [1.82, 2.24) is 10.2 Å². The first-order chi connectivity index (χ1) is 22.6. The zero-order valence-electron chi connectivity index (χ0n) is 25.7. The fraction of sp³-hybridized carbons (Fsp3) is 0.278. The summed E-state index contributed by atoms with van der Waals surface area (Å²) in [5.74, 6) is -0.887. The second-order valence-corrected chi connectivity index (χ2v) is 15.2. The van der Waals surface area contributed by atoms with Crippen LogP contribution in [0.15, 0.2) is 112 Å². The summed E-state index contributed by atoms with van der Waals surface area (Å²) >= 11 is 16.6. The van der Waals surface area contributed by atoms with E-state index in [4.69, 9.17) is 23.2 Å². The van der Waals surface area contributed by atoms with Gasteiger partial charge in [0.05, 0.1) is 10.6 Å². The maximum absolute atomic E-state index is 14.7. The van der Waals surface area contributed by atoms with Gasteiger partial charge in [-0.3, -0.25) is 13.9 Å². The van der Waals surface area contributed by atoms with Crippen LogP contribution >= 0.6 is 39.1 Å².